The van der Waals surface area contributed by atoms with Crippen molar-refractivity contribution in [2.75, 3.05) is 0 Å². The number of hydrogen-bond acceptors (Lipinski definition) is 1. The Bertz CT molecular complexity index is 318. The maximum absolute atomic E-state index is 8.36. The molecule has 0 bridgehead atoms. The second-order valence-electron chi connectivity index (χ2n) is 3.55. The zero-order valence-electron chi connectivity index (χ0n) is 13.8. The third-order valence-electron chi connectivity index (χ3n) is 2.06. The fraction of sp³-hybridized carbons (Fsp3) is 0.471. The van der Waals surface area contributed by atoms with Crippen molar-refractivity contribution in [3.8, 4) is 0 Å². The summed E-state index contributed by atoms with van der Waals surface area (Å²) < 4.78 is 0. The molecule has 0 aliphatic heterocycles. The predicted molar refractivity (Wildman–Crippen MR) is 90.9 cm³/mol. The van der Waals surface area contributed by atoms with Crippen LogP contribution >= 0.6 is 0 Å². The lowest BCUT2D eigenvalue weighted by Crippen LogP contribution is -2.02. The molecule has 0 saturated heterocycles. The largest absolute Gasteiger partial charge is 0.483 e. The summed E-state index contributed by atoms with van der Waals surface area (Å²) in [5, 5.41) is 6.89. The molecule has 2 nitrogen and oxygen atoms in total. The van der Waals surface area contributed by atoms with Gasteiger partial charge in [-0.25, -0.2) is 0 Å². The third kappa shape index (κ3) is 16.5. The molecule has 0 fully saturated rings. The Balaban J connectivity index is -0.000000355. The van der Waals surface area contributed by atoms with Crippen LogP contribution in [0.1, 0.15) is 47.1 Å². The molecule has 2 radical (unpaired) electrons. The Kier molecular flexibility index (Phi) is 23.4. The Morgan fingerprint density at radius 3 is 1.90 bits per heavy atom. The van der Waals surface area contributed by atoms with Gasteiger partial charge in [0.05, 0.1) is 0 Å². The number of rotatable bonds is 3. The minimum atomic E-state index is -0.250. The summed E-state index contributed by atoms with van der Waals surface area (Å²) in [7, 11) is 5.60. The van der Waals surface area contributed by atoms with E-state index in [2.05, 4.69) is 38.1 Å². The normalized spacial score (nSPS) is 9.90. The summed E-state index contributed by atoms with van der Waals surface area (Å²) in [6.45, 7) is 12.0. The topological polar surface area (TPSA) is 37.3 Å². The van der Waals surface area contributed by atoms with Crippen molar-refractivity contribution in [2.45, 2.75) is 48.0 Å². The van der Waals surface area contributed by atoms with Crippen molar-refractivity contribution in [2.24, 2.45) is 5.92 Å². The summed E-state index contributed by atoms with van der Waals surface area (Å²) in [6, 6.07) is 8.10. The van der Waals surface area contributed by atoms with Gasteiger partial charge in [0.1, 0.15) is 7.85 Å². The van der Waals surface area contributed by atoms with Crippen LogP contribution in [0.25, 0.3) is 0 Å². The highest BCUT2D eigenvalue weighted by molar-refractivity contribution is 6.32. The van der Waals surface area contributed by atoms with Gasteiger partial charge in [-0.3, -0.25) is 4.79 Å². The quantitative estimate of drug-likeness (QED) is 0.515. The van der Waals surface area contributed by atoms with Crippen molar-refractivity contribution in [3.63, 3.8) is 0 Å². The van der Waals surface area contributed by atoms with Crippen LogP contribution < -0.4 is 5.46 Å². The number of benzene rings is 1. The predicted octanol–water partition coefficient (Wildman–Crippen LogP) is 3.99. The maximum Gasteiger partial charge on any atom is 0.290 e. The molecule has 0 saturated carbocycles. The lowest BCUT2D eigenvalue weighted by molar-refractivity contribution is -0.122. The number of hydrogen-bond donors (Lipinski definition) is 1. The second kappa shape index (κ2) is 19.8. The van der Waals surface area contributed by atoms with E-state index < -0.39 is 0 Å². The molecule has 0 amide bonds. The van der Waals surface area contributed by atoms with E-state index in [-0.39, 0.29) is 6.47 Å². The third-order valence-corrected chi connectivity index (χ3v) is 2.06. The molecule has 1 atom stereocenters. The number of carbonyl (C=O) groups is 1. The van der Waals surface area contributed by atoms with Crippen molar-refractivity contribution >= 4 is 19.8 Å². The molecule has 1 aromatic carbocycles. The molecule has 0 aliphatic carbocycles. The summed E-state index contributed by atoms with van der Waals surface area (Å²) >= 11 is 0. The maximum atomic E-state index is 8.36. The number of allylic oxidation sites excluding steroid dienone is 2. The molecule has 0 aromatic heterocycles. The van der Waals surface area contributed by atoms with Crippen LogP contribution in [0.3, 0.4) is 0 Å². The Hall–Kier alpha value is -1.51. The average Bonchev–Trinajstić information content (AvgIpc) is 2.47. The lowest BCUT2D eigenvalue weighted by atomic mass is 9.93. The first-order valence-corrected chi connectivity index (χ1v) is 7.19. The first kappa shape index (κ1) is 23.6. The lowest BCUT2D eigenvalue weighted by Gasteiger charge is -2.06. The van der Waals surface area contributed by atoms with Gasteiger partial charge in [0, 0.05) is 0 Å². The monoisotopic (exact) mass is 276 g/mol. The number of carboxylic acid groups (broad SMARTS) is 1. The summed E-state index contributed by atoms with van der Waals surface area (Å²) in [4.78, 5) is 8.36. The van der Waals surface area contributed by atoms with Crippen LogP contribution in [0, 0.1) is 5.92 Å². The Morgan fingerprint density at radius 1 is 1.15 bits per heavy atom. The molecular weight excluding hydrogens is 247 g/mol. The molecule has 1 N–H and O–H groups in total. The van der Waals surface area contributed by atoms with Crippen LogP contribution in [0.4, 0.5) is 0 Å². The fourth-order valence-electron chi connectivity index (χ4n) is 1.42. The van der Waals surface area contributed by atoms with E-state index in [0.717, 1.165) is 11.9 Å². The minimum absolute atomic E-state index is 0.250. The van der Waals surface area contributed by atoms with Crippen LogP contribution in [0.15, 0.2) is 36.4 Å². The Labute approximate surface area is 126 Å². The molecule has 0 spiro atoms. The van der Waals surface area contributed by atoms with E-state index in [0.29, 0.717) is 5.92 Å². The van der Waals surface area contributed by atoms with Crippen LogP contribution in [0.5, 0.6) is 0 Å². The van der Waals surface area contributed by atoms with Gasteiger partial charge in [-0.2, -0.15) is 0 Å². The fourth-order valence-corrected chi connectivity index (χ4v) is 1.42. The SMILES string of the molecule is CC.CC.O=CO.[B]c1ccc(CC(C)/C=C/C)cc1. The molecule has 3 heteroatoms. The highest BCUT2D eigenvalue weighted by Gasteiger charge is 1.98. The molecule has 0 aliphatic rings. The average molecular weight is 276 g/mol. The molecule has 0 heterocycles. The van der Waals surface area contributed by atoms with E-state index in [1.54, 1.807) is 0 Å². The summed E-state index contributed by atoms with van der Waals surface area (Å²) in [6.07, 6.45) is 5.41. The van der Waals surface area contributed by atoms with E-state index in [1.807, 2.05) is 39.8 Å². The minimum Gasteiger partial charge on any atom is -0.483 e. The molecule has 112 valence electrons. The van der Waals surface area contributed by atoms with Gasteiger partial charge < -0.3 is 5.11 Å². The van der Waals surface area contributed by atoms with Gasteiger partial charge in [0.2, 0.25) is 0 Å². The van der Waals surface area contributed by atoms with Gasteiger partial charge in [0.25, 0.3) is 6.47 Å². The first-order valence-electron chi connectivity index (χ1n) is 7.19. The standard InChI is InChI=1S/C12H15B.2C2H6.CH2O2/c1-3-4-10(2)9-11-5-7-12(13)8-6-11;2*1-2;2-1-3/h3-8,10H,9H2,1-2H3;2*1-2H3;1H,(H,2,3)/b4-3+;;;. The van der Waals surface area contributed by atoms with Crippen LogP contribution in [0.2, 0.25) is 0 Å². The van der Waals surface area contributed by atoms with Gasteiger partial charge >= 0.3 is 0 Å². The highest BCUT2D eigenvalue weighted by Crippen LogP contribution is 2.08. The smallest absolute Gasteiger partial charge is 0.290 e. The summed E-state index contributed by atoms with van der Waals surface area (Å²) in [5.41, 5.74) is 2.18. The van der Waals surface area contributed by atoms with E-state index in [4.69, 9.17) is 17.7 Å². The molecule has 1 rings (SSSR count). The van der Waals surface area contributed by atoms with Gasteiger partial charge in [-0.05, 0) is 24.8 Å². The van der Waals surface area contributed by atoms with E-state index >= 15 is 0 Å². The van der Waals surface area contributed by atoms with Gasteiger partial charge in [0.15, 0.2) is 0 Å². The molecule has 1 aromatic rings. The van der Waals surface area contributed by atoms with Crippen LogP contribution in [-0.4, -0.2) is 19.4 Å². The second-order valence-corrected chi connectivity index (χ2v) is 3.55. The Morgan fingerprint density at radius 2 is 1.55 bits per heavy atom. The van der Waals surface area contributed by atoms with Crippen molar-refractivity contribution in [1.82, 2.24) is 0 Å². The first-order chi connectivity index (χ1) is 9.63. The van der Waals surface area contributed by atoms with E-state index in [9.17, 15) is 0 Å². The zero-order chi connectivity index (χ0) is 16.4. The molecule has 20 heavy (non-hydrogen) atoms. The summed E-state index contributed by atoms with van der Waals surface area (Å²) in [5.74, 6) is 0.605. The van der Waals surface area contributed by atoms with Crippen molar-refractivity contribution < 1.29 is 9.90 Å². The van der Waals surface area contributed by atoms with Crippen molar-refractivity contribution in [3.05, 3.63) is 42.0 Å². The highest BCUT2D eigenvalue weighted by atomic mass is 16.3. The zero-order valence-corrected chi connectivity index (χ0v) is 13.8. The van der Waals surface area contributed by atoms with Gasteiger partial charge in [-0.1, -0.05) is 76.5 Å². The molecular formula is C17H29BO2. The van der Waals surface area contributed by atoms with Crippen LogP contribution in [-0.2, 0) is 11.2 Å². The van der Waals surface area contributed by atoms with Gasteiger partial charge in [-0.15, -0.1) is 0 Å². The van der Waals surface area contributed by atoms with Crippen molar-refractivity contribution in [1.29, 1.82) is 0 Å². The van der Waals surface area contributed by atoms with E-state index in [1.165, 1.54) is 5.56 Å². The molecule has 1 unspecified atom stereocenters.